The van der Waals surface area contributed by atoms with E-state index in [0.717, 1.165) is 16.9 Å². The molecule has 21 heavy (non-hydrogen) atoms. The van der Waals surface area contributed by atoms with Crippen LogP contribution < -0.4 is 5.32 Å². The third-order valence-corrected chi connectivity index (χ3v) is 3.15. The maximum atomic E-state index is 9.02. The number of para-hydroxylation sites is 1. The van der Waals surface area contributed by atoms with Crippen LogP contribution in [-0.4, -0.2) is 21.8 Å². The Kier molecular flexibility index (Phi) is 3.36. The first-order valence-corrected chi connectivity index (χ1v) is 6.51. The summed E-state index contributed by atoms with van der Waals surface area (Å²) in [7, 11) is 1.75. The highest BCUT2D eigenvalue weighted by Crippen LogP contribution is 2.21. The Morgan fingerprint density at radius 2 is 1.95 bits per heavy atom. The van der Waals surface area contributed by atoms with Crippen molar-refractivity contribution >= 4 is 5.82 Å². The third kappa shape index (κ3) is 2.47. The minimum atomic E-state index is 0.525. The van der Waals surface area contributed by atoms with Crippen LogP contribution in [0.1, 0.15) is 5.56 Å². The molecule has 1 N–H and O–H groups in total. The number of nitrogens with zero attached hydrogens (tertiary/aromatic N) is 4. The fourth-order valence-corrected chi connectivity index (χ4v) is 2.08. The number of nitriles is 1. The van der Waals surface area contributed by atoms with Crippen LogP contribution in [-0.2, 0) is 0 Å². The van der Waals surface area contributed by atoms with Crippen molar-refractivity contribution < 1.29 is 0 Å². The van der Waals surface area contributed by atoms with E-state index in [9.17, 15) is 0 Å². The van der Waals surface area contributed by atoms with Crippen molar-refractivity contribution in [2.45, 2.75) is 0 Å². The van der Waals surface area contributed by atoms with Gasteiger partial charge in [-0.25, -0.2) is 9.67 Å². The molecule has 0 unspecified atom stereocenters. The van der Waals surface area contributed by atoms with Gasteiger partial charge in [-0.05, 0) is 24.3 Å². The quantitative estimate of drug-likeness (QED) is 0.798. The van der Waals surface area contributed by atoms with Crippen LogP contribution in [0.15, 0.2) is 54.9 Å². The van der Waals surface area contributed by atoms with Gasteiger partial charge in [0.2, 0.25) is 0 Å². The van der Waals surface area contributed by atoms with E-state index in [-0.39, 0.29) is 0 Å². The van der Waals surface area contributed by atoms with Crippen LogP contribution in [0.3, 0.4) is 0 Å². The van der Waals surface area contributed by atoms with E-state index in [0.29, 0.717) is 11.4 Å². The number of rotatable bonds is 3. The molecular formula is C16H13N5. The zero-order valence-corrected chi connectivity index (χ0v) is 11.5. The lowest BCUT2D eigenvalue weighted by Gasteiger charge is -2.04. The highest BCUT2D eigenvalue weighted by molar-refractivity contribution is 5.64. The molecule has 0 spiro atoms. The molecule has 2 heterocycles. The molecule has 0 saturated heterocycles. The Hall–Kier alpha value is -3.13. The predicted molar refractivity (Wildman–Crippen MR) is 81.1 cm³/mol. The second kappa shape index (κ2) is 5.47. The number of benzene rings is 1. The van der Waals surface area contributed by atoms with E-state index in [2.05, 4.69) is 21.5 Å². The first kappa shape index (κ1) is 12.9. The summed E-state index contributed by atoms with van der Waals surface area (Å²) < 4.78 is 1.80. The average molecular weight is 275 g/mol. The number of anilines is 1. The van der Waals surface area contributed by atoms with Crippen molar-refractivity contribution in [1.82, 2.24) is 14.8 Å². The summed E-state index contributed by atoms with van der Waals surface area (Å²) in [4.78, 5) is 4.45. The number of hydrogen-bond acceptors (Lipinski definition) is 4. The summed E-state index contributed by atoms with van der Waals surface area (Å²) in [6, 6.07) is 15.6. The summed E-state index contributed by atoms with van der Waals surface area (Å²) in [5, 5.41) is 16.3. The van der Waals surface area contributed by atoms with E-state index in [4.69, 9.17) is 5.26 Å². The van der Waals surface area contributed by atoms with Crippen LogP contribution >= 0.6 is 0 Å². The molecule has 5 heteroatoms. The predicted octanol–water partition coefficient (Wildman–Crippen LogP) is 2.85. The van der Waals surface area contributed by atoms with Crippen LogP contribution in [0, 0.1) is 11.3 Å². The van der Waals surface area contributed by atoms with Gasteiger partial charge in [-0.15, -0.1) is 0 Å². The minimum absolute atomic E-state index is 0.525. The molecule has 102 valence electrons. The molecule has 0 aliphatic carbocycles. The maximum absolute atomic E-state index is 9.02. The zero-order chi connectivity index (χ0) is 14.7. The van der Waals surface area contributed by atoms with E-state index in [1.165, 1.54) is 0 Å². The minimum Gasteiger partial charge on any atom is -0.372 e. The second-order valence-electron chi connectivity index (χ2n) is 4.46. The zero-order valence-electron chi connectivity index (χ0n) is 11.5. The fraction of sp³-hybridized carbons (Fsp3) is 0.0625. The van der Waals surface area contributed by atoms with Crippen molar-refractivity contribution in [1.29, 1.82) is 5.26 Å². The smallest absolute Gasteiger partial charge is 0.144 e. The average Bonchev–Trinajstić information content (AvgIpc) is 3.05. The van der Waals surface area contributed by atoms with Crippen molar-refractivity contribution in [3.05, 3.63) is 60.4 Å². The molecule has 1 aromatic carbocycles. The van der Waals surface area contributed by atoms with Crippen molar-refractivity contribution in [2.75, 3.05) is 12.4 Å². The monoisotopic (exact) mass is 275 g/mol. The van der Waals surface area contributed by atoms with Crippen LogP contribution in [0.4, 0.5) is 5.82 Å². The second-order valence-corrected chi connectivity index (χ2v) is 4.46. The van der Waals surface area contributed by atoms with Crippen molar-refractivity contribution in [3.8, 4) is 23.0 Å². The van der Waals surface area contributed by atoms with Gasteiger partial charge in [-0.1, -0.05) is 18.2 Å². The Labute approximate surface area is 122 Å². The Morgan fingerprint density at radius 3 is 2.67 bits per heavy atom. The largest absolute Gasteiger partial charge is 0.372 e. The highest BCUT2D eigenvalue weighted by Gasteiger charge is 2.08. The molecule has 5 nitrogen and oxygen atoms in total. The first-order chi connectivity index (χ1) is 10.3. The molecule has 0 bridgehead atoms. The molecule has 2 aromatic heterocycles. The van der Waals surface area contributed by atoms with Gasteiger partial charge in [0.15, 0.2) is 0 Å². The normalized spacial score (nSPS) is 10.1. The van der Waals surface area contributed by atoms with Gasteiger partial charge < -0.3 is 5.32 Å². The summed E-state index contributed by atoms with van der Waals surface area (Å²) in [5.41, 5.74) is 3.20. The SMILES string of the molecule is CNc1nc(-c2cnn(-c3ccccc3)c2)ccc1C#N. The molecule has 0 aliphatic rings. The number of hydrogen-bond donors (Lipinski definition) is 1. The molecule has 0 fully saturated rings. The third-order valence-electron chi connectivity index (χ3n) is 3.15. The molecule has 3 aromatic rings. The Bertz CT molecular complexity index is 799. The number of nitrogens with one attached hydrogen (secondary N) is 1. The molecule has 3 rings (SSSR count). The molecular weight excluding hydrogens is 262 g/mol. The van der Waals surface area contributed by atoms with Crippen molar-refractivity contribution in [3.63, 3.8) is 0 Å². The van der Waals surface area contributed by atoms with Crippen LogP contribution in [0.2, 0.25) is 0 Å². The first-order valence-electron chi connectivity index (χ1n) is 6.51. The van der Waals surface area contributed by atoms with Gasteiger partial charge in [-0.3, -0.25) is 0 Å². The van der Waals surface area contributed by atoms with E-state index < -0.39 is 0 Å². The molecule has 0 atom stereocenters. The van der Waals surface area contributed by atoms with Gasteiger partial charge in [-0.2, -0.15) is 10.4 Å². The molecule has 0 amide bonds. The standard InChI is InChI=1S/C16H13N5/c1-18-16-12(9-17)7-8-15(20-16)13-10-19-21(11-13)14-5-3-2-4-6-14/h2-8,10-11H,1H3,(H,18,20). The fourth-order valence-electron chi connectivity index (χ4n) is 2.08. The van der Waals surface area contributed by atoms with E-state index in [1.807, 2.05) is 42.6 Å². The summed E-state index contributed by atoms with van der Waals surface area (Å²) in [6.07, 6.45) is 3.68. The molecule has 0 radical (unpaired) electrons. The van der Waals surface area contributed by atoms with Gasteiger partial charge >= 0.3 is 0 Å². The van der Waals surface area contributed by atoms with E-state index >= 15 is 0 Å². The van der Waals surface area contributed by atoms with Gasteiger partial charge in [0.1, 0.15) is 11.9 Å². The molecule has 0 saturated carbocycles. The van der Waals surface area contributed by atoms with Gasteiger partial charge in [0, 0.05) is 18.8 Å². The maximum Gasteiger partial charge on any atom is 0.144 e. The Morgan fingerprint density at radius 1 is 1.14 bits per heavy atom. The van der Waals surface area contributed by atoms with Crippen LogP contribution in [0.25, 0.3) is 16.9 Å². The number of aromatic nitrogens is 3. The van der Waals surface area contributed by atoms with Crippen LogP contribution in [0.5, 0.6) is 0 Å². The number of pyridine rings is 1. The topological polar surface area (TPSA) is 66.5 Å². The Balaban J connectivity index is 1.99. The summed E-state index contributed by atoms with van der Waals surface area (Å²) >= 11 is 0. The molecule has 0 aliphatic heterocycles. The van der Waals surface area contributed by atoms with Gasteiger partial charge in [0.25, 0.3) is 0 Å². The lowest BCUT2D eigenvalue weighted by molar-refractivity contribution is 0.881. The summed E-state index contributed by atoms with van der Waals surface area (Å²) in [6.45, 7) is 0. The van der Waals surface area contributed by atoms with Crippen molar-refractivity contribution in [2.24, 2.45) is 0 Å². The lowest BCUT2D eigenvalue weighted by atomic mass is 10.2. The summed E-state index contributed by atoms with van der Waals surface area (Å²) in [5.74, 6) is 0.572. The van der Waals surface area contributed by atoms with E-state index in [1.54, 1.807) is 24.0 Å². The lowest BCUT2D eigenvalue weighted by Crippen LogP contribution is -1.97. The van der Waals surface area contributed by atoms with Gasteiger partial charge in [0.05, 0.1) is 23.1 Å². The highest BCUT2D eigenvalue weighted by atomic mass is 15.3.